The first-order valence-electron chi connectivity index (χ1n) is 9.78. The predicted molar refractivity (Wildman–Crippen MR) is 118 cm³/mol. The molecule has 0 bridgehead atoms. The van der Waals surface area contributed by atoms with Crippen molar-refractivity contribution in [3.63, 3.8) is 0 Å². The lowest BCUT2D eigenvalue weighted by atomic mass is 9.98. The highest BCUT2D eigenvalue weighted by Gasteiger charge is 2.26. The number of para-hydroxylation sites is 1. The maximum absolute atomic E-state index is 12.8. The van der Waals surface area contributed by atoms with Gasteiger partial charge in [-0.25, -0.2) is 0 Å². The molecule has 1 amide bonds. The lowest BCUT2D eigenvalue weighted by Crippen LogP contribution is -2.92. The van der Waals surface area contributed by atoms with Crippen molar-refractivity contribution < 1.29 is 10.1 Å². The van der Waals surface area contributed by atoms with Crippen molar-refractivity contribution in [2.75, 3.05) is 5.32 Å². The van der Waals surface area contributed by atoms with Crippen molar-refractivity contribution in [1.29, 1.82) is 5.26 Å². The highest BCUT2D eigenvalue weighted by Crippen LogP contribution is 2.25. The van der Waals surface area contributed by atoms with Crippen LogP contribution in [-0.2, 0) is 4.79 Å². The van der Waals surface area contributed by atoms with Crippen LogP contribution in [0.25, 0.3) is 0 Å². The highest BCUT2D eigenvalue weighted by molar-refractivity contribution is 7.10. The van der Waals surface area contributed by atoms with Crippen LogP contribution in [-0.4, -0.2) is 11.9 Å². The number of nitrogens with two attached hydrogens (primary N) is 1. The normalized spacial score (nSPS) is 12.9. The van der Waals surface area contributed by atoms with Crippen LogP contribution in [0.3, 0.4) is 0 Å². The van der Waals surface area contributed by atoms with E-state index in [1.54, 1.807) is 29.5 Å². The third kappa shape index (κ3) is 5.11. The second-order valence-electron chi connectivity index (χ2n) is 7.44. The van der Waals surface area contributed by atoms with Gasteiger partial charge < -0.3 is 10.6 Å². The second-order valence-corrected chi connectivity index (χ2v) is 8.42. The van der Waals surface area contributed by atoms with E-state index < -0.39 is 0 Å². The number of anilines is 1. The minimum atomic E-state index is -0.321. The number of hydrogen-bond acceptors (Lipinski definition) is 3. The average molecular weight is 405 g/mol. The van der Waals surface area contributed by atoms with E-state index >= 15 is 0 Å². The van der Waals surface area contributed by atoms with Gasteiger partial charge in [0.25, 0.3) is 5.91 Å². The first-order valence-corrected chi connectivity index (χ1v) is 10.7. The SMILES string of the molecule is CC(C)c1ccc([C@@H]([NH2+][C@@H](C)C(=O)Nc2ccccc2C#N)c2cccs2)cc1. The molecule has 148 valence electrons. The number of carbonyl (C=O) groups is 1. The van der Waals surface area contributed by atoms with Gasteiger partial charge in [-0.1, -0.05) is 56.3 Å². The summed E-state index contributed by atoms with van der Waals surface area (Å²) in [5, 5.41) is 16.3. The third-order valence-electron chi connectivity index (χ3n) is 5.01. The Kier molecular flexibility index (Phi) is 6.82. The topological polar surface area (TPSA) is 69.5 Å². The van der Waals surface area contributed by atoms with Crippen LogP contribution in [0.5, 0.6) is 0 Å². The van der Waals surface area contributed by atoms with Crippen LogP contribution < -0.4 is 10.6 Å². The van der Waals surface area contributed by atoms with Crippen molar-refractivity contribution in [3.8, 4) is 6.07 Å². The number of hydrogen-bond donors (Lipinski definition) is 2. The van der Waals surface area contributed by atoms with E-state index in [4.69, 9.17) is 0 Å². The van der Waals surface area contributed by atoms with E-state index in [2.05, 4.69) is 66.3 Å². The Labute approximate surface area is 176 Å². The van der Waals surface area contributed by atoms with E-state index in [0.29, 0.717) is 17.2 Å². The standard InChI is InChI=1S/C24H25N3OS/c1-16(2)18-10-12-19(13-11-18)23(22-9-6-14-29-22)26-17(3)24(28)27-21-8-5-4-7-20(21)15-25/h4-14,16-17,23,26H,1-3H3,(H,27,28)/p+1/t17-,23+/m0/s1. The molecule has 0 spiro atoms. The number of nitrogens with zero attached hydrogens (tertiary/aromatic N) is 1. The fourth-order valence-electron chi connectivity index (χ4n) is 3.24. The molecule has 0 aliphatic rings. The number of nitrogens with one attached hydrogen (secondary N) is 1. The molecule has 0 aliphatic carbocycles. The lowest BCUT2D eigenvalue weighted by Gasteiger charge is -2.20. The molecule has 0 fully saturated rings. The van der Waals surface area contributed by atoms with Gasteiger partial charge in [-0.2, -0.15) is 5.26 Å². The number of benzene rings is 2. The number of thiophene rings is 1. The smallest absolute Gasteiger partial charge is 0.282 e. The maximum atomic E-state index is 12.8. The number of rotatable bonds is 7. The summed E-state index contributed by atoms with van der Waals surface area (Å²) in [6.07, 6.45) is 0. The molecule has 0 unspecified atom stereocenters. The Morgan fingerprint density at radius 3 is 2.31 bits per heavy atom. The number of quaternary nitrogens is 1. The van der Waals surface area contributed by atoms with E-state index in [1.807, 2.05) is 19.1 Å². The lowest BCUT2D eigenvalue weighted by molar-refractivity contribution is -0.703. The van der Waals surface area contributed by atoms with E-state index in [0.717, 1.165) is 0 Å². The fraction of sp³-hybridized carbons (Fsp3) is 0.250. The number of nitriles is 1. The zero-order valence-corrected chi connectivity index (χ0v) is 17.7. The van der Waals surface area contributed by atoms with Gasteiger partial charge in [-0.15, -0.1) is 11.3 Å². The summed E-state index contributed by atoms with van der Waals surface area (Å²) in [6, 6.07) is 21.7. The molecule has 3 N–H and O–H groups in total. The van der Waals surface area contributed by atoms with Crippen molar-refractivity contribution in [1.82, 2.24) is 0 Å². The Morgan fingerprint density at radius 1 is 1.00 bits per heavy atom. The van der Waals surface area contributed by atoms with Crippen molar-refractivity contribution in [2.24, 2.45) is 0 Å². The molecule has 29 heavy (non-hydrogen) atoms. The Hall–Kier alpha value is -2.94. The number of amides is 1. The van der Waals surface area contributed by atoms with Gasteiger partial charge in [0.1, 0.15) is 12.1 Å². The summed E-state index contributed by atoms with van der Waals surface area (Å²) in [4.78, 5) is 14.0. The van der Waals surface area contributed by atoms with Gasteiger partial charge >= 0.3 is 0 Å². The molecular weight excluding hydrogens is 378 g/mol. The monoisotopic (exact) mass is 404 g/mol. The zero-order chi connectivity index (χ0) is 20.8. The zero-order valence-electron chi connectivity index (χ0n) is 16.9. The Bertz CT molecular complexity index is 988. The van der Waals surface area contributed by atoms with Crippen molar-refractivity contribution in [2.45, 2.75) is 38.8 Å². The Morgan fingerprint density at radius 2 is 1.69 bits per heavy atom. The van der Waals surface area contributed by atoms with Gasteiger partial charge in [-0.05, 0) is 42.0 Å². The molecule has 2 aromatic carbocycles. The second kappa shape index (κ2) is 9.51. The molecule has 4 nitrogen and oxygen atoms in total. The molecule has 3 aromatic rings. The molecular formula is C24H26N3OS+. The molecule has 0 aliphatic heterocycles. The van der Waals surface area contributed by atoms with Gasteiger partial charge in [0.15, 0.2) is 6.04 Å². The summed E-state index contributed by atoms with van der Waals surface area (Å²) in [5.74, 6) is 0.367. The predicted octanol–water partition coefficient (Wildman–Crippen LogP) is 4.42. The average Bonchev–Trinajstić information content (AvgIpc) is 3.26. The summed E-state index contributed by atoms with van der Waals surface area (Å²) in [5.41, 5.74) is 3.49. The van der Waals surface area contributed by atoms with Crippen molar-refractivity contribution in [3.05, 3.63) is 87.6 Å². The van der Waals surface area contributed by atoms with Gasteiger partial charge in [0, 0.05) is 5.56 Å². The first-order chi connectivity index (χ1) is 14.0. The quantitative estimate of drug-likeness (QED) is 0.612. The summed E-state index contributed by atoms with van der Waals surface area (Å²) >= 11 is 1.69. The molecule has 5 heteroatoms. The van der Waals surface area contributed by atoms with Gasteiger partial charge in [0.2, 0.25) is 0 Å². The van der Waals surface area contributed by atoms with Gasteiger partial charge in [0.05, 0.1) is 16.1 Å². The van der Waals surface area contributed by atoms with Crippen LogP contribution in [0, 0.1) is 11.3 Å². The summed E-state index contributed by atoms with van der Waals surface area (Å²) in [6.45, 7) is 6.26. The fourth-order valence-corrected chi connectivity index (χ4v) is 4.07. The Balaban J connectivity index is 1.79. The molecule has 0 saturated heterocycles. The first kappa shape index (κ1) is 20.8. The van der Waals surface area contributed by atoms with Crippen LogP contribution in [0.4, 0.5) is 5.69 Å². The summed E-state index contributed by atoms with van der Waals surface area (Å²) in [7, 11) is 0. The maximum Gasteiger partial charge on any atom is 0.282 e. The minimum Gasteiger partial charge on any atom is -0.326 e. The molecule has 3 rings (SSSR count). The van der Waals surface area contributed by atoms with Crippen LogP contribution in [0.2, 0.25) is 0 Å². The molecule has 0 radical (unpaired) electrons. The van der Waals surface area contributed by atoms with Crippen LogP contribution >= 0.6 is 11.3 Å². The largest absolute Gasteiger partial charge is 0.326 e. The van der Waals surface area contributed by atoms with E-state index in [9.17, 15) is 10.1 Å². The molecule has 0 saturated carbocycles. The molecule has 2 atom stereocenters. The van der Waals surface area contributed by atoms with Gasteiger partial charge in [-0.3, -0.25) is 4.79 Å². The van der Waals surface area contributed by atoms with Crippen molar-refractivity contribution >= 4 is 22.9 Å². The van der Waals surface area contributed by atoms with E-state index in [-0.39, 0.29) is 18.0 Å². The third-order valence-corrected chi connectivity index (χ3v) is 5.97. The minimum absolute atomic E-state index is 0.0446. The summed E-state index contributed by atoms with van der Waals surface area (Å²) < 4.78 is 0. The molecule has 1 aromatic heterocycles. The molecule has 1 heterocycles. The van der Waals surface area contributed by atoms with E-state index in [1.165, 1.54) is 16.0 Å². The number of carbonyl (C=O) groups excluding carboxylic acids is 1. The van der Waals surface area contributed by atoms with Crippen LogP contribution in [0.15, 0.2) is 66.0 Å². The highest BCUT2D eigenvalue weighted by atomic mass is 32.1. The van der Waals surface area contributed by atoms with Crippen LogP contribution in [0.1, 0.15) is 54.3 Å².